The molecule has 0 amide bonds. The van der Waals surface area contributed by atoms with E-state index in [1.807, 2.05) is 0 Å². The molecule has 0 atom stereocenters. The van der Waals surface area contributed by atoms with E-state index in [0.717, 1.165) is 24.2 Å². The molecule has 2 aromatic rings. The molecule has 0 spiro atoms. The minimum absolute atomic E-state index is 0.203. The molecule has 5 heteroatoms. The number of aromatic nitrogens is 2. The molecule has 0 radical (unpaired) electrons. The summed E-state index contributed by atoms with van der Waals surface area (Å²) in [6.07, 6.45) is 4.24. The number of ether oxygens (including phenoxy) is 1. The number of nitrogen functional groups attached to an aromatic ring is 2. The van der Waals surface area contributed by atoms with Crippen molar-refractivity contribution in [3.63, 3.8) is 0 Å². The molecule has 0 saturated heterocycles. The zero-order valence-electron chi connectivity index (χ0n) is 12.8. The Morgan fingerprint density at radius 1 is 1.05 bits per heavy atom. The highest BCUT2D eigenvalue weighted by atomic mass is 16.5. The van der Waals surface area contributed by atoms with Gasteiger partial charge >= 0.3 is 0 Å². The number of anilines is 2. The summed E-state index contributed by atoms with van der Waals surface area (Å²) in [6, 6.07) is 4.32. The van der Waals surface area contributed by atoms with Crippen molar-refractivity contribution in [2.75, 3.05) is 18.6 Å². The molecule has 112 valence electrons. The molecule has 21 heavy (non-hydrogen) atoms. The second-order valence-corrected chi connectivity index (χ2v) is 4.97. The number of nitrogens with zero attached hydrogens (tertiary/aromatic N) is 2. The van der Waals surface area contributed by atoms with E-state index >= 15 is 0 Å². The van der Waals surface area contributed by atoms with Gasteiger partial charge in [0.2, 0.25) is 5.95 Å². The van der Waals surface area contributed by atoms with E-state index in [1.165, 1.54) is 16.7 Å². The summed E-state index contributed by atoms with van der Waals surface area (Å²) in [6.45, 7) is 4.25. The van der Waals surface area contributed by atoms with E-state index in [4.69, 9.17) is 16.2 Å². The molecule has 2 rings (SSSR count). The number of rotatable bonds is 5. The van der Waals surface area contributed by atoms with Crippen LogP contribution in [0.3, 0.4) is 0 Å². The quantitative estimate of drug-likeness (QED) is 0.881. The van der Waals surface area contributed by atoms with Crippen molar-refractivity contribution in [2.24, 2.45) is 0 Å². The van der Waals surface area contributed by atoms with Crippen molar-refractivity contribution in [3.05, 3.63) is 40.6 Å². The van der Waals surface area contributed by atoms with E-state index in [2.05, 4.69) is 35.9 Å². The first-order valence-electron chi connectivity index (χ1n) is 7.14. The fourth-order valence-corrected chi connectivity index (χ4v) is 2.51. The van der Waals surface area contributed by atoms with Crippen LogP contribution in [0, 0.1) is 0 Å². The van der Waals surface area contributed by atoms with Crippen molar-refractivity contribution < 1.29 is 4.74 Å². The summed E-state index contributed by atoms with van der Waals surface area (Å²) >= 11 is 0. The molecule has 0 saturated carbocycles. The van der Waals surface area contributed by atoms with Crippen LogP contribution in [-0.4, -0.2) is 17.1 Å². The van der Waals surface area contributed by atoms with Crippen molar-refractivity contribution >= 4 is 11.8 Å². The molecule has 0 aliphatic heterocycles. The van der Waals surface area contributed by atoms with Gasteiger partial charge in [-0.3, -0.25) is 0 Å². The number of hydrogen-bond acceptors (Lipinski definition) is 5. The fourth-order valence-electron chi connectivity index (χ4n) is 2.51. The maximum Gasteiger partial charge on any atom is 0.221 e. The summed E-state index contributed by atoms with van der Waals surface area (Å²) in [5.74, 6) is 1.63. The van der Waals surface area contributed by atoms with E-state index in [0.29, 0.717) is 12.2 Å². The average Bonchev–Trinajstić information content (AvgIpc) is 2.49. The van der Waals surface area contributed by atoms with E-state index in [9.17, 15) is 0 Å². The van der Waals surface area contributed by atoms with Gasteiger partial charge in [0.05, 0.1) is 7.11 Å². The second kappa shape index (κ2) is 6.43. The Kier molecular flexibility index (Phi) is 4.62. The smallest absolute Gasteiger partial charge is 0.221 e. The summed E-state index contributed by atoms with van der Waals surface area (Å²) in [5, 5.41) is 0. The van der Waals surface area contributed by atoms with Gasteiger partial charge < -0.3 is 16.2 Å². The molecule has 0 bridgehead atoms. The summed E-state index contributed by atoms with van der Waals surface area (Å²) in [4.78, 5) is 8.03. The van der Waals surface area contributed by atoms with Crippen LogP contribution in [0.25, 0.3) is 0 Å². The number of benzene rings is 1. The highest BCUT2D eigenvalue weighted by Crippen LogP contribution is 2.28. The lowest BCUT2D eigenvalue weighted by Crippen LogP contribution is -2.05. The Bertz CT molecular complexity index is 615. The largest absolute Gasteiger partial charge is 0.496 e. The zero-order valence-corrected chi connectivity index (χ0v) is 12.8. The Balaban J connectivity index is 2.40. The SMILES string of the molecule is CCc1cc(Cc2cnc(N)nc2N)cc(CC)c1OC. The monoisotopic (exact) mass is 286 g/mol. The Morgan fingerprint density at radius 3 is 2.14 bits per heavy atom. The molecule has 1 aromatic heterocycles. The highest BCUT2D eigenvalue weighted by molar-refractivity contribution is 5.49. The van der Waals surface area contributed by atoms with Gasteiger partial charge in [0, 0.05) is 18.2 Å². The van der Waals surface area contributed by atoms with E-state index in [1.54, 1.807) is 13.3 Å². The first-order chi connectivity index (χ1) is 10.1. The van der Waals surface area contributed by atoms with Gasteiger partial charge in [-0.05, 0) is 29.5 Å². The van der Waals surface area contributed by atoms with Gasteiger partial charge in [-0.15, -0.1) is 0 Å². The van der Waals surface area contributed by atoms with Gasteiger partial charge in [-0.1, -0.05) is 26.0 Å². The van der Waals surface area contributed by atoms with E-state index in [-0.39, 0.29) is 5.95 Å². The van der Waals surface area contributed by atoms with Crippen LogP contribution in [-0.2, 0) is 19.3 Å². The van der Waals surface area contributed by atoms with Crippen LogP contribution in [0.15, 0.2) is 18.3 Å². The number of methoxy groups -OCH3 is 1. The first-order valence-corrected chi connectivity index (χ1v) is 7.14. The average molecular weight is 286 g/mol. The lowest BCUT2D eigenvalue weighted by Gasteiger charge is -2.15. The van der Waals surface area contributed by atoms with Crippen LogP contribution in [0.2, 0.25) is 0 Å². The number of nitrogens with two attached hydrogens (primary N) is 2. The molecular weight excluding hydrogens is 264 g/mol. The van der Waals surface area contributed by atoms with Crippen molar-refractivity contribution in [2.45, 2.75) is 33.1 Å². The third-order valence-corrected chi connectivity index (χ3v) is 3.58. The molecule has 1 aromatic carbocycles. The standard InChI is InChI=1S/C16H22N4O/c1-4-11-6-10(7-12(5-2)14(11)21-3)8-13-9-19-16(18)20-15(13)17/h6-7,9H,4-5,8H2,1-3H3,(H4,17,18,19,20). The Hall–Kier alpha value is -2.30. The minimum Gasteiger partial charge on any atom is -0.496 e. The van der Waals surface area contributed by atoms with Crippen LogP contribution in [0.4, 0.5) is 11.8 Å². The number of aryl methyl sites for hydroxylation is 2. The van der Waals surface area contributed by atoms with Crippen LogP contribution in [0.5, 0.6) is 5.75 Å². The van der Waals surface area contributed by atoms with Gasteiger partial charge in [-0.2, -0.15) is 4.98 Å². The first kappa shape index (κ1) is 15.1. The van der Waals surface area contributed by atoms with E-state index < -0.39 is 0 Å². The maximum atomic E-state index is 5.91. The summed E-state index contributed by atoms with van der Waals surface area (Å²) in [7, 11) is 1.72. The fraction of sp³-hybridized carbons (Fsp3) is 0.375. The van der Waals surface area contributed by atoms with Crippen LogP contribution < -0.4 is 16.2 Å². The molecule has 5 nitrogen and oxygen atoms in total. The van der Waals surface area contributed by atoms with Crippen molar-refractivity contribution in [1.29, 1.82) is 0 Å². The molecule has 0 aliphatic carbocycles. The predicted octanol–water partition coefficient (Wildman–Crippen LogP) is 2.37. The lowest BCUT2D eigenvalue weighted by molar-refractivity contribution is 0.405. The topological polar surface area (TPSA) is 87.0 Å². The minimum atomic E-state index is 0.203. The maximum absolute atomic E-state index is 5.91. The summed E-state index contributed by atoms with van der Waals surface area (Å²) < 4.78 is 5.54. The molecule has 0 aliphatic rings. The van der Waals surface area contributed by atoms with Gasteiger partial charge in [0.1, 0.15) is 11.6 Å². The molecule has 0 fully saturated rings. The van der Waals surface area contributed by atoms with Crippen molar-refractivity contribution in [1.82, 2.24) is 9.97 Å². The van der Waals surface area contributed by atoms with Gasteiger partial charge in [0.15, 0.2) is 0 Å². The Labute approximate surface area is 125 Å². The molecule has 1 heterocycles. The zero-order chi connectivity index (χ0) is 15.4. The Morgan fingerprint density at radius 2 is 1.67 bits per heavy atom. The second-order valence-electron chi connectivity index (χ2n) is 4.97. The highest BCUT2D eigenvalue weighted by Gasteiger charge is 2.11. The normalized spacial score (nSPS) is 10.6. The molecule has 4 N–H and O–H groups in total. The molecule has 0 unspecified atom stereocenters. The predicted molar refractivity (Wildman–Crippen MR) is 85.4 cm³/mol. The number of hydrogen-bond donors (Lipinski definition) is 2. The van der Waals surface area contributed by atoms with Gasteiger partial charge in [0.25, 0.3) is 0 Å². The third kappa shape index (κ3) is 3.24. The van der Waals surface area contributed by atoms with Crippen LogP contribution >= 0.6 is 0 Å². The van der Waals surface area contributed by atoms with Crippen LogP contribution in [0.1, 0.15) is 36.1 Å². The third-order valence-electron chi connectivity index (χ3n) is 3.58. The summed E-state index contributed by atoms with van der Waals surface area (Å²) in [5.41, 5.74) is 15.9. The van der Waals surface area contributed by atoms with Crippen molar-refractivity contribution in [3.8, 4) is 5.75 Å². The molecular formula is C16H22N4O. The van der Waals surface area contributed by atoms with Gasteiger partial charge in [-0.25, -0.2) is 4.98 Å². The lowest BCUT2D eigenvalue weighted by atomic mass is 9.97.